The van der Waals surface area contributed by atoms with Crippen LogP contribution in [0, 0.1) is 5.82 Å². The zero-order valence-corrected chi connectivity index (χ0v) is 12.6. The summed E-state index contributed by atoms with van der Waals surface area (Å²) < 4.78 is 14.1. The van der Waals surface area contributed by atoms with E-state index < -0.39 is 5.82 Å². The number of halogens is 1. The van der Waals surface area contributed by atoms with Gasteiger partial charge in [-0.15, -0.1) is 0 Å². The average molecular weight is 312 g/mol. The van der Waals surface area contributed by atoms with Crippen molar-refractivity contribution < 1.29 is 4.39 Å². The molecule has 0 unspecified atom stereocenters. The number of H-pyrrole nitrogens is 1. The van der Waals surface area contributed by atoms with E-state index in [2.05, 4.69) is 30.2 Å². The maximum atomic E-state index is 14.1. The summed E-state index contributed by atoms with van der Waals surface area (Å²) in [5.41, 5.74) is 1.48. The number of hydrogen-bond acceptors (Lipinski definition) is 5. The molecule has 6 nitrogen and oxygen atoms in total. The molecule has 4 rings (SSSR count). The number of hydrogen-bond donors (Lipinski definition) is 2. The van der Waals surface area contributed by atoms with Crippen LogP contribution in [0.2, 0.25) is 0 Å². The fourth-order valence-electron chi connectivity index (χ4n) is 3.08. The fourth-order valence-corrected chi connectivity index (χ4v) is 3.08. The minimum atomic E-state index is -0.421. The Morgan fingerprint density at radius 2 is 2.00 bits per heavy atom. The Kier molecular flexibility index (Phi) is 3.61. The smallest absolute Gasteiger partial charge is 0.183 e. The summed E-state index contributed by atoms with van der Waals surface area (Å²) in [7, 11) is 0. The van der Waals surface area contributed by atoms with Crippen molar-refractivity contribution in [2.45, 2.75) is 38.1 Å². The molecule has 7 heteroatoms. The van der Waals surface area contributed by atoms with Crippen molar-refractivity contribution in [3.8, 4) is 11.4 Å². The molecule has 23 heavy (non-hydrogen) atoms. The van der Waals surface area contributed by atoms with Crippen LogP contribution >= 0.6 is 0 Å². The molecule has 1 aliphatic carbocycles. The first-order chi connectivity index (χ1) is 11.3. The molecular weight excluding hydrogens is 295 g/mol. The molecule has 3 aromatic rings. The van der Waals surface area contributed by atoms with Gasteiger partial charge in [0.2, 0.25) is 0 Å². The van der Waals surface area contributed by atoms with Gasteiger partial charge in [-0.2, -0.15) is 0 Å². The third-order valence-corrected chi connectivity index (χ3v) is 4.29. The van der Waals surface area contributed by atoms with Crippen LogP contribution in [0.4, 0.5) is 10.2 Å². The second-order valence-corrected chi connectivity index (χ2v) is 5.86. The first kappa shape index (κ1) is 14.0. The quantitative estimate of drug-likeness (QED) is 0.775. The lowest BCUT2D eigenvalue weighted by atomic mass is 9.95. The highest BCUT2D eigenvalue weighted by atomic mass is 19.1. The predicted molar refractivity (Wildman–Crippen MR) is 85.4 cm³/mol. The van der Waals surface area contributed by atoms with Gasteiger partial charge in [-0.3, -0.25) is 0 Å². The van der Waals surface area contributed by atoms with Crippen molar-refractivity contribution in [1.82, 2.24) is 24.9 Å². The molecule has 0 aliphatic heterocycles. The lowest BCUT2D eigenvalue weighted by Gasteiger charge is -2.23. The molecule has 0 saturated heterocycles. The van der Waals surface area contributed by atoms with E-state index in [1.165, 1.54) is 31.8 Å². The number of nitrogens with zero attached hydrogens (tertiary/aromatic N) is 4. The van der Waals surface area contributed by atoms with Crippen LogP contribution in [-0.2, 0) is 0 Å². The maximum absolute atomic E-state index is 14.1. The van der Waals surface area contributed by atoms with E-state index in [4.69, 9.17) is 0 Å². The van der Waals surface area contributed by atoms with Crippen molar-refractivity contribution >= 4 is 16.9 Å². The predicted octanol–water partition coefficient (Wildman–Crippen LogP) is 3.30. The van der Waals surface area contributed by atoms with Gasteiger partial charge in [0.25, 0.3) is 0 Å². The molecule has 0 amide bonds. The van der Waals surface area contributed by atoms with Crippen LogP contribution in [0.25, 0.3) is 22.4 Å². The van der Waals surface area contributed by atoms with Gasteiger partial charge in [-0.05, 0) is 12.8 Å². The monoisotopic (exact) mass is 312 g/mol. The number of nitrogens with one attached hydrogen (secondary N) is 2. The van der Waals surface area contributed by atoms with Gasteiger partial charge in [-0.25, -0.2) is 24.3 Å². The summed E-state index contributed by atoms with van der Waals surface area (Å²) >= 11 is 0. The van der Waals surface area contributed by atoms with Crippen LogP contribution in [0.3, 0.4) is 0 Å². The van der Waals surface area contributed by atoms with Crippen molar-refractivity contribution in [2.24, 2.45) is 0 Å². The molecule has 1 saturated carbocycles. The minimum absolute atomic E-state index is 0.271. The van der Waals surface area contributed by atoms with Crippen LogP contribution < -0.4 is 5.32 Å². The molecule has 118 valence electrons. The van der Waals surface area contributed by atoms with Gasteiger partial charge in [0.05, 0.1) is 6.20 Å². The summed E-state index contributed by atoms with van der Waals surface area (Å²) in [6.07, 6.45) is 11.9. The van der Waals surface area contributed by atoms with E-state index in [1.54, 1.807) is 12.4 Å². The van der Waals surface area contributed by atoms with Crippen LogP contribution in [-0.4, -0.2) is 31.0 Å². The van der Waals surface area contributed by atoms with Crippen molar-refractivity contribution in [2.75, 3.05) is 5.32 Å². The Hall–Kier alpha value is -2.57. The highest BCUT2D eigenvalue weighted by molar-refractivity contribution is 5.90. The van der Waals surface area contributed by atoms with E-state index in [0.29, 0.717) is 11.5 Å². The third-order valence-electron chi connectivity index (χ3n) is 4.29. The lowest BCUT2D eigenvalue weighted by Crippen LogP contribution is -2.23. The zero-order chi connectivity index (χ0) is 15.6. The molecule has 0 bridgehead atoms. The van der Waals surface area contributed by atoms with Crippen molar-refractivity contribution in [3.05, 3.63) is 30.7 Å². The molecule has 1 aliphatic rings. The molecule has 2 N–H and O–H groups in total. The van der Waals surface area contributed by atoms with E-state index in [0.717, 1.165) is 23.8 Å². The Morgan fingerprint density at radius 1 is 1.13 bits per heavy atom. The molecule has 1 fully saturated rings. The van der Waals surface area contributed by atoms with Gasteiger partial charge < -0.3 is 10.3 Å². The summed E-state index contributed by atoms with van der Waals surface area (Å²) in [4.78, 5) is 19.7. The number of rotatable bonds is 3. The topological polar surface area (TPSA) is 79.4 Å². The van der Waals surface area contributed by atoms with Crippen molar-refractivity contribution in [1.29, 1.82) is 0 Å². The zero-order valence-electron chi connectivity index (χ0n) is 12.6. The Balaban J connectivity index is 1.68. The summed E-state index contributed by atoms with van der Waals surface area (Å²) in [5, 5.41) is 4.05. The second-order valence-electron chi connectivity index (χ2n) is 5.86. The molecule has 0 atom stereocenters. The molecule has 3 aromatic heterocycles. The van der Waals surface area contributed by atoms with Gasteiger partial charge in [0.1, 0.15) is 12.0 Å². The minimum Gasteiger partial charge on any atom is -0.365 e. The second kappa shape index (κ2) is 5.91. The lowest BCUT2D eigenvalue weighted by molar-refractivity contribution is 0.459. The van der Waals surface area contributed by atoms with E-state index in [-0.39, 0.29) is 11.9 Å². The molecule has 3 heterocycles. The van der Waals surface area contributed by atoms with Crippen LogP contribution in [0.1, 0.15) is 32.1 Å². The summed E-state index contributed by atoms with van der Waals surface area (Å²) in [5.74, 6) is 0.314. The number of anilines is 1. The Morgan fingerprint density at radius 3 is 2.87 bits per heavy atom. The number of fused-ring (bicyclic) bond motifs is 1. The van der Waals surface area contributed by atoms with Gasteiger partial charge >= 0.3 is 0 Å². The number of aromatic nitrogens is 5. The first-order valence-electron chi connectivity index (χ1n) is 7.88. The fraction of sp³-hybridized carbons (Fsp3) is 0.375. The largest absolute Gasteiger partial charge is 0.365 e. The SMILES string of the molecule is Fc1cnc(-c2c[nH]c3ncncc23)nc1NC1CCCCC1. The average Bonchev–Trinajstić information content (AvgIpc) is 3.02. The highest BCUT2D eigenvalue weighted by Gasteiger charge is 2.17. The summed E-state index contributed by atoms with van der Waals surface area (Å²) in [6, 6.07) is 0.285. The highest BCUT2D eigenvalue weighted by Crippen LogP contribution is 2.27. The first-order valence-corrected chi connectivity index (χ1v) is 7.88. The maximum Gasteiger partial charge on any atom is 0.183 e. The standard InChI is InChI=1S/C16H17FN6/c17-13-8-20-15(12-7-19-14-11(12)6-18-9-21-14)23-16(13)22-10-4-2-1-3-5-10/h6-10H,1-5H2,(H,18,19,21)(H,20,22,23). The number of aromatic amines is 1. The molecular formula is C16H17FN6. The van der Waals surface area contributed by atoms with Crippen LogP contribution in [0.15, 0.2) is 24.9 Å². The summed E-state index contributed by atoms with van der Waals surface area (Å²) in [6.45, 7) is 0. The molecule has 0 radical (unpaired) electrons. The van der Waals surface area contributed by atoms with Gasteiger partial charge in [0, 0.05) is 29.4 Å². The molecule has 0 spiro atoms. The Bertz CT molecular complexity index is 824. The Labute approximate surface area is 132 Å². The van der Waals surface area contributed by atoms with Gasteiger partial charge in [0.15, 0.2) is 17.5 Å². The van der Waals surface area contributed by atoms with Gasteiger partial charge in [-0.1, -0.05) is 19.3 Å². The molecule has 0 aromatic carbocycles. The van der Waals surface area contributed by atoms with Crippen LogP contribution in [0.5, 0.6) is 0 Å². The van der Waals surface area contributed by atoms with Crippen molar-refractivity contribution in [3.63, 3.8) is 0 Å². The van der Waals surface area contributed by atoms with E-state index >= 15 is 0 Å². The van der Waals surface area contributed by atoms with E-state index in [1.807, 2.05) is 0 Å². The van der Waals surface area contributed by atoms with E-state index in [9.17, 15) is 4.39 Å². The third kappa shape index (κ3) is 2.74. The normalized spacial score (nSPS) is 15.9.